The average molecular weight is 190 g/mol. The molecule has 1 aliphatic heterocycles. The molecular formula is C10H20ClN. The van der Waals surface area contributed by atoms with E-state index in [0.717, 1.165) is 17.8 Å². The second-order valence-electron chi connectivity index (χ2n) is 3.91. The van der Waals surface area contributed by atoms with Crippen LogP contribution in [0.1, 0.15) is 33.1 Å². The zero-order valence-electron chi connectivity index (χ0n) is 8.22. The van der Waals surface area contributed by atoms with E-state index >= 15 is 0 Å². The minimum absolute atomic E-state index is 0.745. The minimum atomic E-state index is 0.745. The van der Waals surface area contributed by atoms with E-state index in [2.05, 4.69) is 18.7 Å². The second kappa shape index (κ2) is 5.08. The van der Waals surface area contributed by atoms with Crippen molar-refractivity contribution in [2.45, 2.75) is 39.2 Å². The molecule has 0 aromatic carbocycles. The Morgan fingerprint density at radius 1 is 1.58 bits per heavy atom. The van der Waals surface area contributed by atoms with E-state index in [1.54, 1.807) is 0 Å². The van der Waals surface area contributed by atoms with Crippen LogP contribution in [0.5, 0.6) is 0 Å². The van der Waals surface area contributed by atoms with Crippen molar-refractivity contribution in [2.75, 3.05) is 19.0 Å². The fourth-order valence-electron chi connectivity index (χ4n) is 1.88. The van der Waals surface area contributed by atoms with Gasteiger partial charge in [-0.3, -0.25) is 0 Å². The molecule has 0 aromatic heterocycles. The van der Waals surface area contributed by atoms with Gasteiger partial charge in [0.15, 0.2) is 0 Å². The summed E-state index contributed by atoms with van der Waals surface area (Å²) < 4.78 is 0. The number of piperidine rings is 1. The van der Waals surface area contributed by atoms with Crippen LogP contribution in [0.25, 0.3) is 0 Å². The summed E-state index contributed by atoms with van der Waals surface area (Å²) in [5.74, 6) is 1.59. The van der Waals surface area contributed by atoms with Gasteiger partial charge in [-0.25, -0.2) is 0 Å². The van der Waals surface area contributed by atoms with E-state index in [9.17, 15) is 0 Å². The zero-order valence-corrected chi connectivity index (χ0v) is 8.98. The van der Waals surface area contributed by atoms with Crippen molar-refractivity contribution in [3.63, 3.8) is 0 Å². The van der Waals surface area contributed by atoms with Gasteiger partial charge in [-0.2, -0.15) is 0 Å². The molecular weight excluding hydrogens is 170 g/mol. The Bertz CT molecular complexity index is 125. The molecule has 2 atom stereocenters. The molecule has 0 N–H and O–H groups in total. The molecule has 0 bridgehead atoms. The van der Waals surface area contributed by atoms with Crippen molar-refractivity contribution in [1.29, 1.82) is 0 Å². The molecule has 0 saturated carbocycles. The van der Waals surface area contributed by atoms with Gasteiger partial charge in [-0.1, -0.05) is 6.92 Å². The number of halogens is 1. The lowest BCUT2D eigenvalue weighted by Crippen LogP contribution is -2.41. The summed E-state index contributed by atoms with van der Waals surface area (Å²) in [6.07, 6.45) is 3.92. The molecule has 2 heteroatoms. The lowest BCUT2D eigenvalue weighted by Gasteiger charge is -2.35. The van der Waals surface area contributed by atoms with Crippen LogP contribution < -0.4 is 0 Å². The normalized spacial score (nSPS) is 28.8. The first-order chi connectivity index (χ1) is 5.77. The van der Waals surface area contributed by atoms with Crippen molar-refractivity contribution < 1.29 is 0 Å². The van der Waals surface area contributed by atoms with Crippen LogP contribution in [0.2, 0.25) is 0 Å². The number of nitrogens with zero attached hydrogens (tertiary/aromatic N) is 1. The van der Waals surface area contributed by atoms with E-state index in [1.807, 2.05) is 0 Å². The summed E-state index contributed by atoms with van der Waals surface area (Å²) in [5, 5.41) is 0. The Morgan fingerprint density at radius 2 is 2.33 bits per heavy atom. The molecule has 1 rings (SSSR count). The molecule has 1 fully saturated rings. The zero-order chi connectivity index (χ0) is 8.97. The molecule has 1 aliphatic rings. The van der Waals surface area contributed by atoms with Crippen LogP contribution in [0.4, 0.5) is 0 Å². The first-order valence-corrected chi connectivity index (χ1v) is 5.61. The topological polar surface area (TPSA) is 3.24 Å². The van der Waals surface area contributed by atoms with Crippen LogP contribution >= 0.6 is 11.6 Å². The number of hydrogen-bond acceptors (Lipinski definition) is 1. The molecule has 2 unspecified atom stereocenters. The van der Waals surface area contributed by atoms with Gasteiger partial charge in [-0.05, 0) is 38.6 Å². The Kier molecular flexibility index (Phi) is 4.38. The van der Waals surface area contributed by atoms with Crippen LogP contribution in [0.3, 0.4) is 0 Å². The first kappa shape index (κ1) is 10.3. The Morgan fingerprint density at radius 3 is 2.92 bits per heavy atom. The maximum Gasteiger partial charge on any atom is 0.0263 e. The van der Waals surface area contributed by atoms with Gasteiger partial charge in [0, 0.05) is 18.5 Å². The molecule has 1 heterocycles. The second-order valence-corrected chi connectivity index (χ2v) is 4.22. The smallest absolute Gasteiger partial charge is 0.0263 e. The Hall–Kier alpha value is 0.250. The van der Waals surface area contributed by atoms with E-state index < -0.39 is 0 Å². The summed E-state index contributed by atoms with van der Waals surface area (Å²) in [5.41, 5.74) is 0. The van der Waals surface area contributed by atoms with Crippen LogP contribution in [-0.2, 0) is 0 Å². The predicted molar refractivity (Wildman–Crippen MR) is 54.8 cm³/mol. The van der Waals surface area contributed by atoms with E-state index in [0.29, 0.717) is 0 Å². The first-order valence-electron chi connectivity index (χ1n) is 5.08. The fraction of sp³-hybridized carbons (Fsp3) is 1.00. The van der Waals surface area contributed by atoms with E-state index in [4.69, 9.17) is 11.6 Å². The van der Waals surface area contributed by atoms with Gasteiger partial charge in [0.2, 0.25) is 0 Å². The quantitative estimate of drug-likeness (QED) is 0.618. The number of rotatable bonds is 3. The number of alkyl halides is 1. The number of likely N-dealkylation sites (tertiary alicyclic amines) is 1. The SMILES string of the molecule is CCC(C)N1CCCC(CCl)C1. The standard InChI is InChI=1S/C10H20ClN/c1-3-9(2)12-6-4-5-10(7-11)8-12/h9-10H,3-8H2,1-2H3. The van der Waals surface area contributed by atoms with Crippen LogP contribution in [0.15, 0.2) is 0 Å². The van der Waals surface area contributed by atoms with Crippen LogP contribution in [0, 0.1) is 5.92 Å². The van der Waals surface area contributed by atoms with Crippen molar-refractivity contribution in [3.05, 3.63) is 0 Å². The highest BCUT2D eigenvalue weighted by atomic mass is 35.5. The molecule has 72 valence electrons. The molecule has 0 radical (unpaired) electrons. The van der Waals surface area contributed by atoms with Crippen molar-refractivity contribution in [3.8, 4) is 0 Å². The predicted octanol–water partition coefficient (Wildman–Crippen LogP) is 2.74. The third-order valence-electron chi connectivity index (χ3n) is 2.98. The van der Waals surface area contributed by atoms with Gasteiger partial charge < -0.3 is 4.90 Å². The lowest BCUT2D eigenvalue weighted by molar-refractivity contribution is 0.137. The largest absolute Gasteiger partial charge is 0.300 e. The van der Waals surface area contributed by atoms with Crippen LogP contribution in [-0.4, -0.2) is 29.9 Å². The van der Waals surface area contributed by atoms with E-state index in [1.165, 1.54) is 32.4 Å². The molecule has 0 spiro atoms. The molecule has 1 nitrogen and oxygen atoms in total. The highest BCUT2D eigenvalue weighted by Gasteiger charge is 2.21. The Balaban J connectivity index is 2.34. The molecule has 1 saturated heterocycles. The van der Waals surface area contributed by atoms with Gasteiger partial charge in [0.25, 0.3) is 0 Å². The maximum absolute atomic E-state index is 5.87. The minimum Gasteiger partial charge on any atom is -0.300 e. The molecule has 0 amide bonds. The summed E-state index contributed by atoms with van der Waals surface area (Å²) in [7, 11) is 0. The fourth-order valence-corrected chi connectivity index (χ4v) is 2.13. The highest BCUT2D eigenvalue weighted by molar-refractivity contribution is 6.18. The molecule has 0 aliphatic carbocycles. The maximum atomic E-state index is 5.87. The Labute approximate surface area is 81.1 Å². The number of hydrogen-bond donors (Lipinski definition) is 0. The lowest BCUT2D eigenvalue weighted by atomic mass is 9.98. The summed E-state index contributed by atoms with van der Waals surface area (Å²) in [6.45, 7) is 7.08. The molecule has 0 aromatic rings. The van der Waals surface area contributed by atoms with Crippen molar-refractivity contribution in [2.24, 2.45) is 5.92 Å². The monoisotopic (exact) mass is 189 g/mol. The van der Waals surface area contributed by atoms with Gasteiger partial charge in [0.1, 0.15) is 0 Å². The van der Waals surface area contributed by atoms with Gasteiger partial charge in [0.05, 0.1) is 0 Å². The van der Waals surface area contributed by atoms with E-state index in [-0.39, 0.29) is 0 Å². The molecule has 12 heavy (non-hydrogen) atoms. The third-order valence-corrected chi connectivity index (χ3v) is 3.42. The average Bonchev–Trinajstić information content (AvgIpc) is 2.17. The highest BCUT2D eigenvalue weighted by Crippen LogP contribution is 2.20. The summed E-state index contributed by atoms with van der Waals surface area (Å²) >= 11 is 5.87. The van der Waals surface area contributed by atoms with Crippen molar-refractivity contribution in [1.82, 2.24) is 4.90 Å². The summed E-state index contributed by atoms with van der Waals surface area (Å²) in [4.78, 5) is 2.58. The van der Waals surface area contributed by atoms with Gasteiger partial charge in [-0.15, -0.1) is 11.6 Å². The van der Waals surface area contributed by atoms with Gasteiger partial charge >= 0.3 is 0 Å². The third kappa shape index (κ3) is 2.63. The summed E-state index contributed by atoms with van der Waals surface area (Å²) in [6, 6.07) is 0.746. The van der Waals surface area contributed by atoms with Crippen molar-refractivity contribution >= 4 is 11.6 Å².